The van der Waals surface area contributed by atoms with Gasteiger partial charge in [0.05, 0.1) is 9.82 Å². The molecular weight excluding hydrogens is 381 g/mol. The van der Waals surface area contributed by atoms with Crippen LogP contribution in [0.1, 0.15) is 5.56 Å². The fourth-order valence-corrected chi connectivity index (χ4v) is 3.08. The van der Waals surface area contributed by atoms with Crippen LogP contribution in [0.3, 0.4) is 0 Å². The Morgan fingerprint density at radius 1 is 1.17 bits per heavy atom. The number of hydrogen-bond acceptors (Lipinski definition) is 7. The van der Waals surface area contributed by atoms with Crippen LogP contribution in [0.4, 0.5) is 18.9 Å². The summed E-state index contributed by atoms with van der Waals surface area (Å²) in [6.45, 7) is 1.12. The average Bonchev–Trinajstić information content (AvgIpc) is 2.35. The zero-order valence-corrected chi connectivity index (χ0v) is 14.0. The number of halogens is 3. The first-order valence-electron chi connectivity index (χ1n) is 5.83. The Morgan fingerprint density at radius 2 is 1.67 bits per heavy atom. The standard InChI is InChI=1S/C10H11F3N2O7S2/c1-6-4-8(22-24(20,21)10(11,12)13)7(15(16)17)5-9(6)23(18,19)14(2)3/h4-5H,1-3H3. The van der Waals surface area contributed by atoms with Crippen LogP contribution in [-0.2, 0) is 20.1 Å². The summed E-state index contributed by atoms with van der Waals surface area (Å²) < 4.78 is 87.6. The number of nitro benzene ring substituents is 1. The van der Waals surface area contributed by atoms with Gasteiger partial charge in [-0.3, -0.25) is 10.1 Å². The summed E-state index contributed by atoms with van der Waals surface area (Å²) in [5.41, 5.74) is -7.28. The van der Waals surface area contributed by atoms with E-state index in [0.717, 1.165) is 25.3 Å². The minimum atomic E-state index is -6.15. The highest BCUT2D eigenvalue weighted by atomic mass is 32.2. The predicted octanol–water partition coefficient (Wildman–Crippen LogP) is 1.38. The van der Waals surface area contributed by atoms with E-state index < -0.39 is 46.9 Å². The molecule has 0 aromatic heterocycles. The summed E-state index contributed by atoms with van der Waals surface area (Å²) >= 11 is 0. The Balaban J connectivity index is 3.63. The topological polar surface area (TPSA) is 124 Å². The van der Waals surface area contributed by atoms with Crippen molar-refractivity contribution < 1.29 is 39.1 Å². The van der Waals surface area contributed by atoms with E-state index >= 15 is 0 Å². The largest absolute Gasteiger partial charge is 0.534 e. The van der Waals surface area contributed by atoms with Gasteiger partial charge in [0.2, 0.25) is 15.8 Å². The number of hydrogen-bond donors (Lipinski definition) is 0. The number of benzene rings is 1. The molecule has 0 aliphatic heterocycles. The van der Waals surface area contributed by atoms with E-state index in [1.54, 1.807) is 0 Å². The molecule has 0 heterocycles. The van der Waals surface area contributed by atoms with Gasteiger partial charge in [0.25, 0.3) is 0 Å². The molecule has 14 heteroatoms. The van der Waals surface area contributed by atoms with Gasteiger partial charge >= 0.3 is 21.3 Å². The second-order valence-corrected chi connectivity index (χ2v) is 8.27. The molecule has 0 bridgehead atoms. The normalized spacial score (nSPS) is 13.1. The molecule has 24 heavy (non-hydrogen) atoms. The van der Waals surface area contributed by atoms with Gasteiger partial charge in [-0.15, -0.1) is 0 Å². The van der Waals surface area contributed by atoms with Gasteiger partial charge in [0.1, 0.15) is 0 Å². The summed E-state index contributed by atoms with van der Waals surface area (Å²) in [7, 11) is -8.03. The summed E-state index contributed by atoms with van der Waals surface area (Å²) in [5, 5.41) is 11.0. The minimum Gasteiger partial charge on any atom is -0.369 e. The molecule has 0 atom stereocenters. The van der Waals surface area contributed by atoms with Crippen LogP contribution in [0, 0.1) is 17.0 Å². The maximum absolute atomic E-state index is 12.3. The number of sulfonamides is 1. The van der Waals surface area contributed by atoms with Crippen molar-refractivity contribution in [3.8, 4) is 5.75 Å². The summed E-state index contributed by atoms with van der Waals surface area (Å²) in [4.78, 5) is 9.13. The lowest BCUT2D eigenvalue weighted by Gasteiger charge is -2.15. The molecule has 0 amide bonds. The van der Waals surface area contributed by atoms with Crippen molar-refractivity contribution in [1.29, 1.82) is 0 Å². The molecule has 0 N–H and O–H groups in total. The predicted molar refractivity (Wildman–Crippen MR) is 74.3 cm³/mol. The van der Waals surface area contributed by atoms with Gasteiger partial charge in [-0.2, -0.15) is 21.6 Å². The molecule has 0 saturated carbocycles. The van der Waals surface area contributed by atoms with Gasteiger partial charge in [0.15, 0.2) is 0 Å². The van der Waals surface area contributed by atoms with Crippen LogP contribution in [0.25, 0.3) is 0 Å². The Labute approximate surface area is 135 Å². The van der Waals surface area contributed by atoms with Crippen molar-refractivity contribution in [2.75, 3.05) is 14.1 Å². The number of nitro groups is 1. The van der Waals surface area contributed by atoms with Crippen molar-refractivity contribution in [2.45, 2.75) is 17.3 Å². The van der Waals surface area contributed by atoms with Crippen LogP contribution in [0.5, 0.6) is 5.75 Å². The molecule has 0 saturated heterocycles. The number of nitrogens with zero attached hydrogens (tertiary/aromatic N) is 2. The Hall–Kier alpha value is -1.93. The van der Waals surface area contributed by atoms with E-state index in [0.29, 0.717) is 12.1 Å². The second-order valence-electron chi connectivity index (χ2n) is 4.61. The molecule has 0 fully saturated rings. The number of alkyl halides is 3. The molecule has 0 radical (unpaired) electrons. The van der Waals surface area contributed by atoms with Crippen LogP contribution in [-0.4, -0.2) is 45.7 Å². The third-order valence-electron chi connectivity index (χ3n) is 2.69. The lowest BCUT2D eigenvalue weighted by molar-refractivity contribution is -0.385. The third-order valence-corrected chi connectivity index (χ3v) is 5.62. The summed E-state index contributed by atoms with van der Waals surface area (Å²) in [6, 6.07) is 0.976. The lowest BCUT2D eigenvalue weighted by Crippen LogP contribution is -2.28. The van der Waals surface area contributed by atoms with E-state index in [-0.39, 0.29) is 5.56 Å². The highest BCUT2D eigenvalue weighted by Crippen LogP contribution is 2.36. The smallest absolute Gasteiger partial charge is 0.369 e. The first-order valence-corrected chi connectivity index (χ1v) is 8.68. The van der Waals surface area contributed by atoms with Crippen molar-refractivity contribution in [3.63, 3.8) is 0 Å². The summed E-state index contributed by atoms with van der Waals surface area (Å²) in [5.74, 6) is -1.24. The monoisotopic (exact) mass is 392 g/mol. The van der Waals surface area contributed by atoms with Crippen LogP contribution in [0.15, 0.2) is 17.0 Å². The van der Waals surface area contributed by atoms with Gasteiger partial charge < -0.3 is 4.18 Å². The molecule has 1 aromatic rings. The average molecular weight is 392 g/mol. The van der Waals surface area contributed by atoms with Gasteiger partial charge in [-0.1, -0.05) is 0 Å². The van der Waals surface area contributed by atoms with Gasteiger partial charge in [0, 0.05) is 20.2 Å². The molecule has 9 nitrogen and oxygen atoms in total. The number of rotatable bonds is 5. The first kappa shape index (κ1) is 20.1. The Bertz CT molecular complexity index is 876. The molecule has 0 spiro atoms. The highest BCUT2D eigenvalue weighted by Gasteiger charge is 2.49. The van der Waals surface area contributed by atoms with E-state index in [2.05, 4.69) is 4.18 Å². The minimum absolute atomic E-state index is 0.235. The van der Waals surface area contributed by atoms with Gasteiger partial charge in [-0.05, 0) is 18.6 Å². The highest BCUT2D eigenvalue weighted by molar-refractivity contribution is 7.89. The van der Waals surface area contributed by atoms with E-state index in [9.17, 15) is 40.1 Å². The lowest BCUT2D eigenvalue weighted by atomic mass is 10.2. The SMILES string of the molecule is Cc1cc(OS(=O)(=O)C(F)(F)F)c([N+](=O)[O-])cc1S(=O)(=O)N(C)C. The fraction of sp³-hybridized carbons (Fsp3) is 0.400. The molecule has 0 unspecified atom stereocenters. The van der Waals surface area contributed by atoms with E-state index in [1.807, 2.05) is 0 Å². The van der Waals surface area contributed by atoms with Crippen LogP contribution < -0.4 is 4.18 Å². The van der Waals surface area contributed by atoms with E-state index in [1.165, 1.54) is 0 Å². The van der Waals surface area contributed by atoms with Crippen LogP contribution >= 0.6 is 0 Å². The molecule has 136 valence electrons. The van der Waals surface area contributed by atoms with Crippen molar-refractivity contribution in [1.82, 2.24) is 4.31 Å². The number of aryl methyl sites for hydroxylation is 1. The second kappa shape index (κ2) is 6.18. The molecule has 0 aliphatic carbocycles. The quantitative estimate of drug-likeness (QED) is 0.321. The molecule has 0 aliphatic rings. The summed E-state index contributed by atoms with van der Waals surface area (Å²) in [6.07, 6.45) is 0. The maximum Gasteiger partial charge on any atom is 0.534 e. The molecular formula is C10H11F3N2O7S2. The van der Waals surface area contributed by atoms with Gasteiger partial charge in [-0.25, -0.2) is 12.7 Å². The van der Waals surface area contributed by atoms with Crippen molar-refractivity contribution in [3.05, 3.63) is 27.8 Å². The maximum atomic E-state index is 12.3. The van der Waals surface area contributed by atoms with Crippen molar-refractivity contribution >= 4 is 25.8 Å². The zero-order chi connectivity index (χ0) is 19.1. The fourth-order valence-electron chi connectivity index (χ4n) is 1.50. The molecule has 1 rings (SSSR count). The zero-order valence-electron chi connectivity index (χ0n) is 12.4. The first-order chi connectivity index (χ1) is 10.6. The van der Waals surface area contributed by atoms with Crippen molar-refractivity contribution in [2.24, 2.45) is 0 Å². The van der Waals surface area contributed by atoms with E-state index in [4.69, 9.17) is 0 Å². The van der Waals surface area contributed by atoms with Crippen LogP contribution in [0.2, 0.25) is 0 Å². The Kier molecular flexibility index (Phi) is 5.18. The molecule has 1 aromatic carbocycles. The Morgan fingerprint density at radius 3 is 2.04 bits per heavy atom. The third kappa shape index (κ3) is 3.76.